The van der Waals surface area contributed by atoms with E-state index in [-0.39, 0.29) is 0 Å². The third-order valence-electron chi connectivity index (χ3n) is 3.91. The van der Waals surface area contributed by atoms with Crippen LogP contribution in [0, 0.1) is 5.92 Å². The first kappa shape index (κ1) is 18.6. The van der Waals surface area contributed by atoms with Crippen LogP contribution >= 0.6 is 23.8 Å². The molecule has 0 bridgehead atoms. The summed E-state index contributed by atoms with van der Waals surface area (Å²) in [6, 6.07) is 16.0. The van der Waals surface area contributed by atoms with Gasteiger partial charge in [0, 0.05) is 12.2 Å². The van der Waals surface area contributed by atoms with Crippen LogP contribution in [0.2, 0.25) is 5.02 Å². The summed E-state index contributed by atoms with van der Waals surface area (Å²) in [5.41, 5.74) is 2.20. The molecule has 5 heteroatoms. The smallest absolute Gasteiger partial charge is 0.170 e. The maximum absolute atomic E-state index is 6.12. The molecule has 0 aliphatic heterocycles. The number of methoxy groups -OCH3 is 1. The molecule has 0 saturated heterocycles. The van der Waals surface area contributed by atoms with E-state index in [1.165, 1.54) is 5.56 Å². The van der Waals surface area contributed by atoms with E-state index in [1.807, 2.05) is 18.2 Å². The molecule has 128 valence electrons. The van der Waals surface area contributed by atoms with E-state index >= 15 is 0 Å². The lowest BCUT2D eigenvalue weighted by molar-refractivity contribution is 0.415. The highest BCUT2D eigenvalue weighted by Crippen LogP contribution is 2.27. The Hall–Kier alpha value is -1.78. The topological polar surface area (TPSA) is 33.3 Å². The summed E-state index contributed by atoms with van der Waals surface area (Å²) in [5.74, 6) is 1.18. The van der Waals surface area contributed by atoms with Crippen molar-refractivity contribution in [1.29, 1.82) is 0 Å². The van der Waals surface area contributed by atoms with Gasteiger partial charge in [-0.3, -0.25) is 0 Å². The standard InChI is InChI=1S/C19H23ClN2OS/c1-3-14(11-15-7-5-4-6-8-15)13-21-19(24)22-16-9-10-18(23-2)17(20)12-16/h4-10,12,14H,3,11,13H2,1-2H3,(H2,21,22,24)/t14-/m1/s1. The molecule has 0 radical (unpaired) electrons. The minimum Gasteiger partial charge on any atom is -0.495 e. The van der Waals surface area contributed by atoms with Gasteiger partial charge in [0.15, 0.2) is 5.11 Å². The Kier molecular flexibility index (Phi) is 7.35. The predicted molar refractivity (Wildman–Crippen MR) is 106 cm³/mol. The number of hydrogen-bond donors (Lipinski definition) is 2. The third kappa shape index (κ3) is 5.69. The van der Waals surface area contributed by atoms with E-state index in [0.29, 0.717) is 21.8 Å². The number of benzene rings is 2. The number of anilines is 1. The molecule has 0 spiro atoms. The van der Waals surface area contributed by atoms with Crippen LogP contribution in [-0.2, 0) is 6.42 Å². The molecule has 0 aromatic heterocycles. The van der Waals surface area contributed by atoms with Crippen molar-refractivity contribution in [2.24, 2.45) is 5.92 Å². The molecule has 3 nitrogen and oxygen atoms in total. The van der Waals surface area contributed by atoms with Crippen molar-refractivity contribution in [1.82, 2.24) is 5.32 Å². The molecule has 2 rings (SSSR count). The summed E-state index contributed by atoms with van der Waals surface area (Å²) in [7, 11) is 1.60. The third-order valence-corrected chi connectivity index (χ3v) is 4.45. The second-order valence-electron chi connectivity index (χ2n) is 5.65. The Morgan fingerprint density at radius 3 is 2.58 bits per heavy atom. The lowest BCUT2D eigenvalue weighted by Crippen LogP contribution is -2.33. The zero-order chi connectivity index (χ0) is 17.4. The number of thiocarbonyl (C=S) groups is 1. The Bertz CT molecular complexity index is 664. The molecule has 1 atom stereocenters. The predicted octanol–water partition coefficient (Wildman–Crippen LogP) is 4.90. The Morgan fingerprint density at radius 2 is 1.96 bits per heavy atom. The van der Waals surface area contributed by atoms with Gasteiger partial charge in [0.1, 0.15) is 5.75 Å². The molecule has 0 aliphatic carbocycles. The van der Waals surface area contributed by atoms with Crippen LogP contribution in [0.5, 0.6) is 5.75 Å². The van der Waals surface area contributed by atoms with Crippen molar-refractivity contribution < 1.29 is 4.74 Å². The van der Waals surface area contributed by atoms with E-state index in [0.717, 1.165) is 25.1 Å². The first-order chi connectivity index (χ1) is 11.6. The lowest BCUT2D eigenvalue weighted by Gasteiger charge is -2.18. The molecule has 0 unspecified atom stereocenters. The molecular formula is C19H23ClN2OS. The zero-order valence-corrected chi connectivity index (χ0v) is 15.6. The number of halogens is 1. The highest BCUT2D eigenvalue weighted by atomic mass is 35.5. The minimum absolute atomic E-state index is 0.534. The molecule has 0 heterocycles. The first-order valence-corrected chi connectivity index (χ1v) is 8.83. The lowest BCUT2D eigenvalue weighted by atomic mass is 9.97. The van der Waals surface area contributed by atoms with Gasteiger partial charge in [0.2, 0.25) is 0 Å². The first-order valence-electron chi connectivity index (χ1n) is 8.04. The summed E-state index contributed by atoms with van der Waals surface area (Å²) >= 11 is 11.5. The van der Waals surface area contributed by atoms with E-state index in [4.69, 9.17) is 28.6 Å². The van der Waals surface area contributed by atoms with Crippen LogP contribution in [0.15, 0.2) is 48.5 Å². The van der Waals surface area contributed by atoms with Crippen LogP contribution in [-0.4, -0.2) is 18.8 Å². The number of nitrogens with one attached hydrogen (secondary N) is 2. The van der Waals surface area contributed by atoms with E-state index in [9.17, 15) is 0 Å². The molecule has 0 fully saturated rings. The summed E-state index contributed by atoms with van der Waals surface area (Å²) < 4.78 is 5.15. The van der Waals surface area contributed by atoms with Crippen molar-refractivity contribution in [2.75, 3.05) is 19.0 Å². The zero-order valence-electron chi connectivity index (χ0n) is 14.0. The fourth-order valence-corrected chi connectivity index (χ4v) is 2.92. The Labute approximate surface area is 154 Å². The van der Waals surface area contributed by atoms with Crippen LogP contribution in [0.25, 0.3) is 0 Å². The van der Waals surface area contributed by atoms with Gasteiger partial charge in [-0.05, 0) is 48.3 Å². The normalized spacial score (nSPS) is 11.6. The highest BCUT2D eigenvalue weighted by molar-refractivity contribution is 7.80. The maximum atomic E-state index is 6.12. The van der Waals surface area contributed by atoms with Crippen molar-refractivity contribution >= 4 is 34.6 Å². The molecule has 2 aromatic carbocycles. The van der Waals surface area contributed by atoms with Gasteiger partial charge in [-0.15, -0.1) is 0 Å². The summed E-state index contributed by atoms with van der Waals surface area (Å²) in [6.07, 6.45) is 2.14. The van der Waals surface area contributed by atoms with Crippen molar-refractivity contribution in [3.8, 4) is 5.75 Å². The van der Waals surface area contributed by atoms with Gasteiger partial charge in [0.25, 0.3) is 0 Å². The van der Waals surface area contributed by atoms with Gasteiger partial charge in [-0.2, -0.15) is 0 Å². The molecule has 0 amide bonds. The summed E-state index contributed by atoms with van der Waals surface area (Å²) in [4.78, 5) is 0. The van der Waals surface area contributed by atoms with Crippen LogP contribution in [0.3, 0.4) is 0 Å². The molecule has 2 N–H and O–H groups in total. The highest BCUT2D eigenvalue weighted by Gasteiger charge is 2.09. The largest absolute Gasteiger partial charge is 0.495 e. The molecule has 24 heavy (non-hydrogen) atoms. The summed E-state index contributed by atoms with van der Waals surface area (Å²) in [5, 5.41) is 7.61. The molecular weight excluding hydrogens is 340 g/mol. The van der Waals surface area contributed by atoms with E-state index in [1.54, 1.807) is 13.2 Å². The second-order valence-corrected chi connectivity index (χ2v) is 6.46. The SMILES string of the molecule is CC[C@@H](CNC(=S)Nc1ccc(OC)c(Cl)c1)Cc1ccccc1. The molecule has 2 aromatic rings. The maximum Gasteiger partial charge on any atom is 0.170 e. The Morgan fingerprint density at radius 1 is 1.21 bits per heavy atom. The average Bonchev–Trinajstić information content (AvgIpc) is 2.59. The number of rotatable bonds is 7. The number of ether oxygens (including phenoxy) is 1. The van der Waals surface area contributed by atoms with Crippen LogP contribution in [0.1, 0.15) is 18.9 Å². The van der Waals surface area contributed by atoms with E-state index < -0.39 is 0 Å². The van der Waals surface area contributed by atoms with Crippen LogP contribution < -0.4 is 15.4 Å². The monoisotopic (exact) mass is 362 g/mol. The quantitative estimate of drug-likeness (QED) is 0.686. The van der Waals surface area contributed by atoms with E-state index in [2.05, 4.69) is 41.8 Å². The van der Waals surface area contributed by atoms with Gasteiger partial charge in [-0.25, -0.2) is 0 Å². The minimum atomic E-state index is 0.534. The Balaban J connectivity index is 1.84. The van der Waals surface area contributed by atoms with Crippen molar-refractivity contribution in [3.63, 3.8) is 0 Å². The van der Waals surface area contributed by atoms with Gasteiger partial charge in [-0.1, -0.05) is 55.3 Å². The van der Waals surface area contributed by atoms with Gasteiger partial charge in [0.05, 0.1) is 12.1 Å². The van der Waals surface area contributed by atoms with Gasteiger partial charge < -0.3 is 15.4 Å². The fourth-order valence-electron chi connectivity index (χ4n) is 2.46. The van der Waals surface area contributed by atoms with Crippen molar-refractivity contribution in [3.05, 3.63) is 59.1 Å². The molecule has 0 aliphatic rings. The number of hydrogen-bond acceptors (Lipinski definition) is 2. The average molecular weight is 363 g/mol. The summed E-state index contributed by atoms with van der Waals surface area (Å²) in [6.45, 7) is 3.04. The van der Waals surface area contributed by atoms with Crippen LogP contribution in [0.4, 0.5) is 5.69 Å². The second kappa shape index (κ2) is 9.50. The van der Waals surface area contributed by atoms with Crippen molar-refractivity contribution in [2.45, 2.75) is 19.8 Å². The fraction of sp³-hybridized carbons (Fsp3) is 0.316. The van der Waals surface area contributed by atoms with Gasteiger partial charge >= 0.3 is 0 Å². The molecule has 0 saturated carbocycles.